The molecule has 0 aliphatic carbocycles. The molecule has 1 fully saturated rings. The molecule has 0 saturated carbocycles. The lowest BCUT2D eigenvalue weighted by atomic mass is 10.1. The van der Waals surface area contributed by atoms with E-state index in [1.54, 1.807) is 13.0 Å². The van der Waals surface area contributed by atoms with Gasteiger partial charge in [-0.25, -0.2) is 4.79 Å². The second-order valence-electron chi connectivity index (χ2n) is 4.52. The molecule has 19 heavy (non-hydrogen) atoms. The number of carboxylic acid groups (broad SMARTS) is 1. The van der Waals surface area contributed by atoms with E-state index in [0.717, 1.165) is 5.56 Å². The number of benzene rings is 1. The number of nitrogens with one attached hydrogen (secondary N) is 1. The number of carboxylic acids is 1. The second-order valence-corrected chi connectivity index (χ2v) is 4.52. The molecule has 102 valence electrons. The van der Waals surface area contributed by atoms with Crippen molar-refractivity contribution in [1.82, 2.24) is 0 Å². The molecule has 0 aromatic heterocycles. The Morgan fingerprint density at radius 3 is 2.58 bits per heavy atom. The fourth-order valence-corrected chi connectivity index (χ4v) is 2.01. The summed E-state index contributed by atoms with van der Waals surface area (Å²) < 4.78 is 5.16. The predicted molar refractivity (Wildman–Crippen MR) is 67.0 cm³/mol. The van der Waals surface area contributed by atoms with Crippen molar-refractivity contribution in [2.24, 2.45) is 0 Å². The van der Waals surface area contributed by atoms with E-state index in [1.165, 1.54) is 12.1 Å². The van der Waals surface area contributed by atoms with Gasteiger partial charge in [0.1, 0.15) is 11.9 Å². The van der Waals surface area contributed by atoms with Gasteiger partial charge in [0.15, 0.2) is 6.10 Å². The van der Waals surface area contributed by atoms with E-state index in [9.17, 15) is 14.7 Å². The summed E-state index contributed by atoms with van der Waals surface area (Å²) >= 11 is 0. The second kappa shape index (κ2) is 5.27. The van der Waals surface area contributed by atoms with Gasteiger partial charge in [-0.15, -0.1) is 0 Å². The SMILES string of the molecule is Cc1cc(O)ccc1NC(=O)C1CCC(C(=O)O)O1. The smallest absolute Gasteiger partial charge is 0.332 e. The molecule has 6 heteroatoms. The van der Waals surface area contributed by atoms with Crippen LogP contribution >= 0.6 is 0 Å². The fraction of sp³-hybridized carbons (Fsp3) is 0.385. The monoisotopic (exact) mass is 265 g/mol. The van der Waals surface area contributed by atoms with Crippen molar-refractivity contribution in [1.29, 1.82) is 0 Å². The van der Waals surface area contributed by atoms with Gasteiger partial charge in [0, 0.05) is 5.69 Å². The molecular weight excluding hydrogens is 250 g/mol. The van der Waals surface area contributed by atoms with Gasteiger partial charge in [-0.05, 0) is 43.5 Å². The van der Waals surface area contributed by atoms with Crippen LogP contribution in [0.1, 0.15) is 18.4 Å². The molecule has 2 unspecified atom stereocenters. The first-order valence-corrected chi connectivity index (χ1v) is 5.96. The summed E-state index contributed by atoms with van der Waals surface area (Å²) in [6.07, 6.45) is -0.923. The standard InChI is InChI=1S/C13H15NO5/c1-7-6-8(15)2-3-9(7)14-12(16)10-4-5-11(19-10)13(17)18/h2-3,6,10-11,15H,4-5H2,1H3,(H,14,16)(H,17,18). The number of hydrogen-bond donors (Lipinski definition) is 3. The van der Waals surface area contributed by atoms with Crippen LogP contribution in [-0.4, -0.2) is 34.3 Å². The average molecular weight is 265 g/mol. The number of carbonyl (C=O) groups is 2. The van der Waals surface area contributed by atoms with Crippen LogP contribution in [0.15, 0.2) is 18.2 Å². The molecule has 1 aliphatic heterocycles. The van der Waals surface area contributed by atoms with Crippen molar-refractivity contribution in [2.45, 2.75) is 32.0 Å². The van der Waals surface area contributed by atoms with E-state index >= 15 is 0 Å². The molecule has 2 atom stereocenters. The van der Waals surface area contributed by atoms with Gasteiger partial charge in [0.05, 0.1) is 0 Å². The first-order valence-electron chi connectivity index (χ1n) is 5.96. The summed E-state index contributed by atoms with van der Waals surface area (Å²) in [6.45, 7) is 1.75. The average Bonchev–Trinajstić information content (AvgIpc) is 2.82. The van der Waals surface area contributed by atoms with Crippen LogP contribution in [0.25, 0.3) is 0 Å². The van der Waals surface area contributed by atoms with E-state index in [1.807, 2.05) is 0 Å². The van der Waals surface area contributed by atoms with Crippen LogP contribution in [0.2, 0.25) is 0 Å². The molecule has 0 spiro atoms. The van der Waals surface area contributed by atoms with E-state index in [-0.39, 0.29) is 11.7 Å². The number of anilines is 1. The van der Waals surface area contributed by atoms with Crippen LogP contribution < -0.4 is 5.32 Å². The summed E-state index contributed by atoms with van der Waals surface area (Å²) in [5, 5.41) is 20.7. The number of rotatable bonds is 3. The van der Waals surface area contributed by atoms with Gasteiger partial charge < -0.3 is 20.3 Å². The van der Waals surface area contributed by atoms with Crippen molar-refractivity contribution < 1.29 is 24.5 Å². The Kier molecular flexibility index (Phi) is 3.71. The molecule has 1 aromatic rings. The van der Waals surface area contributed by atoms with Gasteiger partial charge in [-0.2, -0.15) is 0 Å². The van der Waals surface area contributed by atoms with Crippen molar-refractivity contribution in [2.75, 3.05) is 5.32 Å². The van der Waals surface area contributed by atoms with Crippen molar-refractivity contribution in [3.8, 4) is 5.75 Å². The van der Waals surface area contributed by atoms with Crippen LogP contribution in [0.3, 0.4) is 0 Å². The Morgan fingerprint density at radius 1 is 1.32 bits per heavy atom. The minimum absolute atomic E-state index is 0.124. The lowest BCUT2D eigenvalue weighted by Crippen LogP contribution is -2.30. The van der Waals surface area contributed by atoms with E-state index < -0.39 is 18.2 Å². The molecule has 0 radical (unpaired) electrons. The molecule has 1 heterocycles. The minimum atomic E-state index is -1.05. The van der Waals surface area contributed by atoms with Crippen molar-refractivity contribution in [3.05, 3.63) is 23.8 Å². The highest BCUT2D eigenvalue weighted by Gasteiger charge is 2.34. The van der Waals surface area contributed by atoms with Crippen LogP contribution in [0.4, 0.5) is 5.69 Å². The highest BCUT2D eigenvalue weighted by Crippen LogP contribution is 2.24. The largest absolute Gasteiger partial charge is 0.508 e. The highest BCUT2D eigenvalue weighted by molar-refractivity contribution is 5.95. The molecule has 2 rings (SSSR count). The maximum atomic E-state index is 11.9. The predicted octanol–water partition coefficient (Wildman–Crippen LogP) is 1.27. The number of ether oxygens (including phenoxy) is 1. The Balaban J connectivity index is 2.00. The summed E-state index contributed by atoms with van der Waals surface area (Å²) in [4.78, 5) is 22.7. The zero-order valence-corrected chi connectivity index (χ0v) is 10.4. The summed E-state index contributed by atoms with van der Waals surface area (Å²) in [5.41, 5.74) is 1.30. The number of aromatic hydroxyl groups is 1. The number of phenols is 1. The Hall–Kier alpha value is -2.08. The van der Waals surface area contributed by atoms with Gasteiger partial charge in [-0.3, -0.25) is 4.79 Å². The third-order valence-corrected chi connectivity index (χ3v) is 3.06. The lowest BCUT2D eigenvalue weighted by molar-refractivity contribution is -0.150. The van der Waals surface area contributed by atoms with Crippen molar-refractivity contribution >= 4 is 17.6 Å². The number of amides is 1. The minimum Gasteiger partial charge on any atom is -0.508 e. The Labute approximate surface area is 110 Å². The van der Waals surface area contributed by atoms with Crippen LogP contribution in [0.5, 0.6) is 5.75 Å². The maximum absolute atomic E-state index is 11.9. The Bertz CT molecular complexity index is 514. The molecule has 6 nitrogen and oxygen atoms in total. The van der Waals surface area contributed by atoms with E-state index in [2.05, 4.69) is 5.32 Å². The molecule has 3 N–H and O–H groups in total. The fourth-order valence-electron chi connectivity index (χ4n) is 2.01. The number of phenolic OH excluding ortho intramolecular Hbond substituents is 1. The molecular formula is C13H15NO5. The summed E-state index contributed by atoms with van der Waals surface area (Å²) in [6, 6.07) is 4.59. The first kappa shape index (κ1) is 13.4. The zero-order chi connectivity index (χ0) is 14.0. The van der Waals surface area contributed by atoms with Crippen LogP contribution in [-0.2, 0) is 14.3 Å². The third-order valence-electron chi connectivity index (χ3n) is 3.06. The van der Waals surface area contributed by atoms with Gasteiger partial charge in [0.25, 0.3) is 5.91 Å². The summed E-state index contributed by atoms with van der Waals surface area (Å²) in [5.74, 6) is -1.28. The molecule has 1 saturated heterocycles. The lowest BCUT2D eigenvalue weighted by Gasteiger charge is -2.13. The topological polar surface area (TPSA) is 95.9 Å². The quantitative estimate of drug-likeness (QED) is 0.715. The van der Waals surface area contributed by atoms with Gasteiger partial charge in [-0.1, -0.05) is 0 Å². The number of aliphatic carboxylic acids is 1. The van der Waals surface area contributed by atoms with Crippen LogP contribution in [0, 0.1) is 6.92 Å². The molecule has 0 bridgehead atoms. The number of carbonyl (C=O) groups excluding carboxylic acids is 1. The third kappa shape index (κ3) is 3.03. The maximum Gasteiger partial charge on any atom is 0.332 e. The van der Waals surface area contributed by atoms with Crippen molar-refractivity contribution in [3.63, 3.8) is 0 Å². The first-order chi connectivity index (χ1) is 8.97. The number of aryl methyl sites for hydroxylation is 1. The summed E-state index contributed by atoms with van der Waals surface area (Å²) in [7, 11) is 0. The van der Waals surface area contributed by atoms with Gasteiger partial charge >= 0.3 is 5.97 Å². The highest BCUT2D eigenvalue weighted by atomic mass is 16.5. The normalized spacial score (nSPS) is 22.2. The number of hydrogen-bond acceptors (Lipinski definition) is 4. The van der Waals surface area contributed by atoms with Gasteiger partial charge in [0.2, 0.25) is 0 Å². The Morgan fingerprint density at radius 2 is 2.00 bits per heavy atom. The van der Waals surface area contributed by atoms with E-state index in [0.29, 0.717) is 18.5 Å². The molecule has 1 aromatic carbocycles. The molecule has 1 aliphatic rings. The van der Waals surface area contributed by atoms with E-state index in [4.69, 9.17) is 9.84 Å². The zero-order valence-electron chi connectivity index (χ0n) is 10.4. The molecule has 1 amide bonds.